The molecule has 2 rings (SSSR count). The highest BCUT2D eigenvalue weighted by molar-refractivity contribution is 4.84. The Balaban J connectivity index is 1.81. The molecule has 0 bridgehead atoms. The van der Waals surface area contributed by atoms with Gasteiger partial charge in [0.15, 0.2) is 0 Å². The molecule has 17 heavy (non-hydrogen) atoms. The van der Waals surface area contributed by atoms with E-state index < -0.39 is 0 Å². The Morgan fingerprint density at radius 3 is 2.71 bits per heavy atom. The minimum absolute atomic E-state index is 0.609. The van der Waals surface area contributed by atoms with Crippen LogP contribution in [0, 0.1) is 17.8 Å². The number of hydrogen-bond donors (Lipinski definition) is 1. The van der Waals surface area contributed by atoms with Crippen LogP contribution in [0.3, 0.4) is 0 Å². The second-order valence-electron chi connectivity index (χ2n) is 6.02. The highest BCUT2D eigenvalue weighted by atomic mass is 16.5. The van der Waals surface area contributed by atoms with Crippen LogP contribution in [0.25, 0.3) is 0 Å². The van der Waals surface area contributed by atoms with Crippen molar-refractivity contribution in [1.82, 2.24) is 10.2 Å². The Morgan fingerprint density at radius 2 is 2.12 bits per heavy atom. The van der Waals surface area contributed by atoms with E-state index in [0.29, 0.717) is 6.04 Å². The average Bonchev–Trinajstić information content (AvgIpc) is 2.84. The van der Waals surface area contributed by atoms with E-state index in [4.69, 9.17) is 4.74 Å². The fourth-order valence-electron chi connectivity index (χ4n) is 3.14. The number of likely N-dealkylation sites (N-methyl/N-ethyl adjacent to an activating group) is 1. The molecule has 3 nitrogen and oxygen atoms in total. The molecule has 1 N–H and O–H groups in total. The molecule has 100 valence electrons. The van der Waals surface area contributed by atoms with Crippen molar-refractivity contribution >= 4 is 0 Å². The van der Waals surface area contributed by atoms with Gasteiger partial charge in [-0.2, -0.15) is 0 Å². The van der Waals surface area contributed by atoms with Gasteiger partial charge in [-0.1, -0.05) is 13.8 Å². The van der Waals surface area contributed by atoms with Crippen molar-refractivity contribution in [3.05, 3.63) is 0 Å². The van der Waals surface area contributed by atoms with E-state index in [9.17, 15) is 0 Å². The molecule has 0 spiro atoms. The summed E-state index contributed by atoms with van der Waals surface area (Å²) >= 11 is 0. The Bertz CT molecular complexity index is 228. The molecule has 0 aliphatic carbocycles. The molecule has 3 heteroatoms. The molecule has 2 saturated heterocycles. The van der Waals surface area contributed by atoms with Crippen LogP contribution < -0.4 is 5.32 Å². The Labute approximate surface area is 106 Å². The molecule has 0 radical (unpaired) electrons. The van der Waals surface area contributed by atoms with Gasteiger partial charge < -0.3 is 15.0 Å². The van der Waals surface area contributed by atoms with E-state index in [-0.39, 0.29) is 0 Å². The molecular formula is C14H28N2O. The fourth-order valence-corrected chi connectivity index (χ4v) is 3.14. The number of nitrogens with one attached hydrogen (secondary N) is 1. The number of rotatable bonds is 4. The maximum atomic E-state index is 5.51. The van der Waals surface area contributed by atoms with E-state index in [1.54, 1.807) is 0 Å². The summed E-state index contributed by atoms with van der Waals surface area (Å²) in [5.41, 5.74) is 0. The van der Waals surface area contributed by atoms with Gasteiger partial charge in [0.05, 0.1) is 6.61 Å². The first-order chi connectivity index (χ1) is 8.20. The molecule has 0 aromatic carbocycles. The number of likely N-dealkylation sites (tertiary alicyclic amines) is 1. The number of piperidine rings is 1. The van der Waals surface area contributed by atoms with Gasteiger partial charge in [0.1, 0.15) is 0 Å². The summed E-state index contributed by atoms with van der Waals surface area (Å²) in [4.78, 5) is 2.64. The summed E-state index contributed by atoms with van der Waals surface area (Å²) in [6.07, 6.45) is 2.59. The van der Waals surface area contributed by atoms with Crippen molar-refractivity contribution in [3.8, 4) is 0 Å². The molecule has 2 heterocycles. The second kappa shape index (κ2) is 6.17. The highest BCUT2D eigenvalue weighted by Crippen LogP contribution is 2.24. The molecule has 0 aromatic rings. The third-order valence-electron chi connectivity index (χ3n) is 4.78. The van der Waals surface area contributed by atoms with Crippen molar-refractivity contribution in [2.45, 2.75) is 32.7 Å². The smallest absolute Gasteiger partial charge is 0.0510 e. The highest BCUT2D eigenvalue weighted by Gasteiger charge is 2.29. The largest absolute Gasteiger partial charge is 0.381 e. The fraction of sp³-hybridized carbons (Fsp3) is 1.00. The first-order valence-corrected chi connectivity index (χ1v) is 7.18. The lowest BCUT2D eigenvalue weighted by atomic mass is 9.88. The van der Waals surface area contributed by atoms with E-state index in [0.717, 1.165) is 31.0 Å². The second-order valence-corrected chi connectivity index (χ2v) is 6.02. The van der Waals surface area contributed by atoms with Crippen LogP contribution in [-0.2, 0) is 4.74 Å². The average molecular weight is 240 g/mol. The molecule has 0 amide bonds. The normalized spacial score (nSPS) is 37.2. The van der Waals surface area contributed by atoms with Crippen LogP contribution in [0.1, 0.15) is 26.7 Å². The SMILES string of the molecule is CNC(CN1CCC(C)C(C)C1)C1CCOC1. The third kappa shape index (κ3) is 3.43. The van der Waals surface area contributed by atoms with Gasteiger partial charge in [0.2, 0.25) is 0 Å². The van der Waals surface area contributed by atoms with E-state index in [1.165, 1.54) is 32.5 Å². The lowest BCUT2D eigenvalue weighted by Crippen LogP contribution is -2.48. The van der Waals surface area contributed by atoms with Gasteiger partial charge in [-0.15, -0.1) is 0 Å². The molecule has 4 unspecified atom stereocenters. The van der Waals surface area contributed by atoms with Gasteiger partial charge in [-0.25, -0.2) is 0 Å². The van der Waals surface area contributed by atoms with Gasteiger partial charge in [-0.05, 0) is 38.3 Å². The van der Waals surface area contributed by atoms with E-state index >= 15 is 0 Å². The van der Waals surface area contributed by atoms with Crippen LogP contribution in [-0.4, -0.2) is 50.8 Å². The van der Waals surface area contributed by atoms with Gasteiger partial charge >= 0.3 is 0 Å². The van der Waals surface area contributed by atoms with Gasteiger partial charge in [0, 0.05) is 31.7 Å². The minimum atomic E-state index is 0.609. The molecule has 2 fully saturated rings. The van der Waals surface area contributed by atoms with Crippen molar-refractivity contribution < 1.29 is 4.74 Å². The number of ether oxygens (including phenoxy) is 1. The maximum absolute atomic E-state index is 5.51. The summed E-state index contributed by atoms with van der Waals surface area (Å²) in [5.74, 6) is 2.46. The number of nitrogens with zero attached hydrogens (tertiary/aromatic N) is 1. The number of hydrogen-bond acceptors (Lipinski definition) is 3. The monoisotopic (exact) mass is 240 g/mol. The lowest BCUT2D eigenvalue weighted by Gasteiger charge is -2.38. The first kappa shape index (κ1) is 13.3. The van der Waals surface area contributed by atoms with Crippen LogP contribution in [0.4, 0.5) is 0 Å². The Morgan fingerprint density at radius 1 is 1.29 bits per heavy atom. The topological polar surface area (TPSA) is 24.5 Å². The van der Waals surface area contributed by atoms with Crippen molar-refractivity contribution in [2.24, 2.45) is 17.8 Å². The van der Waals surface area contributed by atoms with Crippen molar-refractivity contribution in [3.63, 3.8) is 0 Å². The summed E-state index contributed by atoms with van der Waals surface area (Å²) in [6.45, 7) is 10.4. The summed E-state index contributed by atoms with van der Waals surface area (Å²) in [5, 5.41) is 3.50. The predicted molar refractivity (Wildman–Crippen MR) is 71.2 cm³/mol. The minimum Gasteiger partial charge on any atom is -0.381 e. The molecule has 2 aliphatic rings. The predicted octanol–water partition coefficient (Wildman–Crippen LogP) is 1.59. The van der Waals surface area contributed by atoms with Crippen molar-refractivity contribution in [1.29, 1.82) is 0 Å². The van der Waals surface area contributed by atoms with Crippen molar-refractivity contribution in [2.75, 3.05) is 39.9 Å². The zero-order valence-electron chi connectivity index (χ0n) is 11.6. The van der Waals surface area contributed by atoms with E-state index in [1.807, 2.05) is 0 Å². The quantitative estimate of drug-likeness (QED) is 0.807. The molecule has 0 aromatic heterocycles. The lowest BCUT2D eigenvalue weighted by molar-refractivity contribution is 0.112. The first-order valence-electron chi connectivity index (χ1n) is 7.18. The van der Waals surface area contributed by atoms with Crippen LogP contribution in [0.2, 0.25) is 0 Å². The summed E-state index contributed by atoms with van der Waals surface area (Å²) < 4.78 is 5.51. The Hall–Kier alpha value is -0.120. The third-order valence-corrected chi connectivity index (χ3v) is 4.78. The van der Waals surface area contributed by atoms with Crippen LogP contribution in [0.15, 0.2) is 0 Å². The molecule has 0 saturated carbocycles. The zero-order chi connectivity index (χ0) is 12.3. The van der Waals surface area contributed by atoms with Crippen LogP contribution in [0.5, 0.6) is 0 Å². The van der Waals surface area contributed by atoms with Crippen LogP contribution >= 0.6 is 0 Å². The standard InChI is InChI=1S/C14H28N2O/c1-11-4-6-16(8-12(11)2)9-14(15-3)13-5-7-17-10-13/h11-15H,4-10H2,1-3H3. The molecule has 2 aliphatic heterocycles. The van der Waals surface area contributed by atoms with E-state index in [2.05, 4.69) is 31.1 Å². The Kier molecular flexibility index (Phi) is 4.83. The zero-order valence-corrected chi connectivity index (χ0v) is 11.6. The van der Waals surface area contributed by atoms with Gasteiger partial charge in [0.25, 0.3) is 0 Å². The maximum Gasteiger partial charge on any atom is 0.0510 e. The van der Waals surface area contributed by atoms with Gasteiger partial charge in [-0.3, -0.25) is 0 Å². The molecular weight excluding hydrogens is 212 g/mol. The summed E-state index contributed by atoms with van der Waals surface area (Å²) in [7, 11) is 2.10. The summed E-state index contributed by atoms with van der Waals surface area (Å²) in [6, 6.07) is 0.609. The molecule has 4 atom stereocenters.